The van der Waals surface area contributed by atoms with Gasteiger partial charge in [-0.1, -0.05) is 38.1 Å². The predicted molar refractivity (Wildman–Crippen MR) is 68.2 cm³/mol. The standard InChI is InChI=1S/C13H17N3O2/c1-13(2,3)12-15-11(18-16-12)8-17-10-7-5-4-6-9(10)14/h4-7H,8,14H2,1-3H3. The fourth-order valence-corrected chi connectivity index (χ4v) is 1.37. The van der Waals surface area contributed by atoms with E-state index in [9.17, 15) is 0 Å². The Kier molecular flexibility index (Phi) is 3.23. The highest BCUT2D eigenvalue weighted by Gasteiger charge is 2.21. The Bertz CT molecular complexity index is 529. The molecule has 5 heteroatoms. The van der Waals surface area contributed by atoms with Crippen LogP contribution in [0.3, 0.4) is 0 Å². The molecule has 0 aliphatic carbocycles. The highest BCUT2D eigenvalue weighted by Crippen LogP contribution is 2.22. The number of rotatable bonds is 3. The molecular formula is C13H17N3O2. The predicted octanol–water partition coefficient (Wildman–Crippen LogP) is 2.53. The van der Waals surface area contributed by atoms with E-state index in [0.717, 1.165) is 0 Å². The highest BCUT2D eigenvalue weighted by molar-refractivity contribution is 5.51. The Morgan fingerprint density at radius 3 is 2.61 bits per heavy atom. The molecule has 0 aliphatic heterocycles. The number of nitrogens with two attached hydrogens (primary N) is 1. The van der Waals surface area contributed by atoms with E-state index in [0.29, 0.717) is 23.2 Å². The van der Waals surface area contributed by atoms with Crippen LogP contribution in [0.2, 0.25) is 0 Å². The van der Waals surface area contributed by atoms with Crippen LogP contribution in [-0.4, -0.2) is 10.1 Å². The van der Waals surface area contributed by atoms with Gasteiger partial charge < -0.3 is 15.0 Å². The molecule has 1 heterocycles. The summed E-state index contributed by atoms with van der Waals surface area (Å²) in [6.45, 7) is 6.30. The van der Waals surface area contributed by atoms with Crippen molar-refractivity contribution in [1.82, 2.24) is 10.1 Å². The second-order valence-electron chi connectivity index (χ2n) is 5.09. The van der Waals surface area contributed by atoms with E-state index in [1.807, 2.05) is 32.9 Å². The molecule has 0 spiro atoms. The van der Waals surface area contributed by atoms with Crippen molar-refractivity contribution >= 4 is 5.69 Å². The normalized spacial score (nSPS) is 11.5. The van der Waals surface area contributed by atoms with Gasteiger partial charge in [-0.2, -0.15) is 4.98 Å². The molecule has 0 atom stereocenters. The number of benzene rings is 1. The third kappa shape index (κ3) is 2.80. The maximum absolute atomic E-state index is 5.77. The van der Waals surface area contributed by atoms with Crippen molar-refractivity contribution in [3.63, 3.8) is 0 Å². The van der Waals surface area contributed by atoms with Crippen molar-refractivity contribution in [3.8, 4) is 5.75 Å². The van der Waals surface area contributed by atoms with Gasteiger partial charge in [0.1, 0.15) is 5.75 Å². The quantitative estimate of drug-likeness (QED) is 0.843. The van der Waals surface area contributed by atoms with Crippen molar-refractivity contribution in [2.45, 2.75) is 32.8 Å². The number of hydrogen-bond acceptors (Lipinski definition) is 5. The summed E-state index contributed by atoms with van der Waals surface area (Å²) in [5.41, 5.74) is 6.23. The molecule has 96 valence electrons. The molecule has 0 bridgehead atoms. The Morgan fingerprint density at radius 2 is 2.00 bits per heavy atom. The van der Waals surface area contributed by atoms with Crippen LogP contribution in [0.4, 0.5) is 5.69 Å². The number of aromatic nitrogens is 2. The van der Waals surface area contributed by atoms with Crippen LogP contribution in [0, 0.1) is 0 Å². The molecule has 0 amide bonds. The molecule has 0 radical (unpaired) electrons. The lowest BCUT2D eigenvalue weighted by atomic mass is 9.96. The number of nitrogens with zero attached hydrogens (tertiary/aromatic N) is 2. The van der Waals surface area contributed by atoms with Crippen LogP contribution in [-0.2, 0) is 12.0 Å². The van der Waals surface area contributed by atoms with Gasteiger partial charge in [0.15, 0.2) is 12.4 Å². The summed E-state index contributed by atoms with van der Waals surface area (Å²) in [5.74, 6) is 1.73. The molecule has 1 aromatic carbocycles. The molecule has 0 aliphatic rings. The maximum Gasteiger partial charge on any atom is 0.264 e. The zero-order chi connectivity index (χ0) is 13.2. The molecule has 2 rings (SSSR count). The van der Waals surface area contributed by atoms with Gasteiger partial charge in [0.2, 0.25) is 0 Å². The number of nitrogen functional groups attached to an aromatic ring is 1. The lowest BCUT2D eigenvalue weighted by Crippen LogP contribution is -2.13. The Morgan fingerprint density at radius 1 is 1.28 bits per heavy atom. The summed E-state index contributed by atoms with van der Waals surface area (Å²) in [5, 5.41) is 3.92. The molecule has 0 saturated heterocycles. The Balaban J connectivity index is 2.03. The maximum atomic E-state index is 5.77. The highest BCUT2D eigenvalue weighted by atomic mass is 16.5. The van der Waals surface area contributed by atoms with Gasteiger partial charge in [0, 0.05) is 5.41 Å². The zero-order valence-corrected chi connectivity index (χ0v) is 10.8. The fourth-order valence-electron chi connectivity index (χ4n) is 1.37. The average molecular weight is 247 g/mol. The molecular weight excluding hydrogens is 230 g/mol. The zero-order valence-electron chi connectivity index (χ0n) is 10.8. The number of anilines is 1. The third-order valence-corrected chi connectivity index (χ3v) is 2.41. The van der Waals surface area contributed by atoms with E-state index in [1.54, 1.807) is 12.1 Å². The van der Waals surface area contributed by atoms with Gasteiger partial charge in [-0.05, 0) is 12.1 Å². The number of para-hydroxylation sites is 2. The molecule has 2 aromatic rings. The van der Waals surface area contributed by atoms with Crippen LogP contribution in [0.1, 0.15) is 32.5 Å². The van der Waals surface area contributed by atoms with Crippen LogP contribution < -0.4 is 10.5 Å². The summed E-state index contributed by atoms with van der Waals surface area (Å²) < 4.78 is 10.7. The molecule has 5 nitrogen and oxygen atoms in total. The Labute approximate surface area is 106 Å². The molecule has 0 saturated carbocycles. The second kappa shape index (κ2) is 4.68. The third-order valence-electron chi connectivity index (χ3n) is 2.41. The first-order chi connectivity index (χ1) is 8.47. The minimum atomic E-state index is -0.131. The molecule has 2 N–H and O–H groups in total. The van der Waals surface area contributed by atoms with Crippen molar-refractivity contribution in [1.29, 1.82) is 0 Å². The van der Waals surface area contributed by atoms with Gasteiger partial charge in [-0.3, -0.25) is 0 Å². The van der Waals surface area contributed by atoms with Crippen molar-refractivity contribution in [2.75, 3.05) is 5.73 Å². The van der Waals surface area contributed by atoms with E-state index in [1.165, 1.54) is 0 Å². The van der Waals surface area contributed by atoms with Crippen LogP contribution in [0.5, 0.6) is 5.75 Å². The SMILES string of the molecule is CC(C)(C)c1noc(COc2ccccc2N)n1. The van der Waals surface area contributed by atoms with Crippen molar-refractivity contribution in [3.05, 3.63) is 36.0 Å². The van der Waals surface area contributed by atoms with E-state index >= 15 is 0 Å². The van der Waals surface area contributed by atoms with E-state index in [-0.39, 0.29) is 12.0 Å². The lowest BCUT2D eigenvalue weighted by Gasteiger charge is -2.10. The van der Waals surface area contributed by atoms with E-state index in [4.69, 9.17) is 15.0 Å². The van der Waals surface area contributed by atoms with Gasteiger partial charge >= 0.3 is 0 Å². The molecule has 1 aromatic heterocycles. The minimum absolute atomic E-state index is 0.131. The van der Waals surface area contributed by atoms with E-state index < -0.39 is 0 Å². The topological polar surface area (TPSA) is 74.2 Å². The second-order valence-corrected chi connectivity index (χ2v) is 5.09. The monoisotopic (exact) mass is 247 g/mol. The van der Waals surface area contributed by atoms with Crippen molar-refractivity contribution < 1.29 is 9.26 Å². The average Bonchev–Trinajstić information content (AvgIpc) is 2.76. The Hall–Kier alpha value is -2.04. The molecule has 0 unspecified atom stereocenters. The summed E-state index contributed by atoms with van der Waals surface area (Å²) in [7, 11) is 0. The molecule has 0 fully saturated rings. The minimum Gasteiger partial charge on any atom is -0.482 e. The van der Waals surface area contributed by atoms with Gasteiger partial charge in [-0.25, -0.2) is 0 Å². The summed E-state index contributed by atoms with van der Waals surface area (Å²) in [4.78, 5) is 4.28. The van der Waals surface area contributed by atoms with Crippen LogP contribution in [0.25, 0.3) is 0 Å². The smallest absolute Gasteiger partial charge is 0.264 e. The van der Waals surface area contributed by atoms with Crippen LogP contribution >= 0.6 is 0 Å². The summed E-state index contributed by atoms with van der Waals surface area (Å²) in [6, 6.07) is 7.30. The van der Waals surface area contributed by atoms with Crippen LogP contribution in [0.15, 0.2) is 28.8 Å². The fraction of sp³-hybridized carbons (Fsp3) is 0.385. The number of ether oxygens (including phenoxy) is 1. The lowest BCUT2D eigenvalue weighted by molar-refractivity contribution is 0.243. The first-order valence-corrected chi connectivity index (χ1v) is 5.77. The van der Waals surface area contributed by atoms with Crippen molar-refractivity contribution in [2.24, 2.45) is 0 Å². The first kappa shape index (κ1) is 12.4. The molecule has 18 heavy (non-hydrogen) atoms. The first-order valence-electron chi connectivity index (χ1n) is 5.77. The number of hydrogen-bond donors (Lipinski definition) is 1. The van der Waals surface area contributed by atoms with Gasteiger partial charge in [-0.15, -0.1) is 0 Å². The van der Waals surface area contributed by atoms with Gasteiger partial charge in [0.05, 0.1) is 5.69 Å². The van der Waals surface area contributed by atoms with Gasteiger partial charge in [0.25, 0.3) is 5.89 Å². The van der Waals surface area contributed by atoms with E-state index in [2.05, 4.69) is 10.1 Å². The summed E-state index contributed by atoms with van der Waals surface area (Å²) in [6.07, 6.45) is 0. The largest absolute Gasteiger partial charge is 0.482 e. The summed E-state index contributed by atoms with van der Waals surface area (Å²) >= 11 is 0.